The van der Waals surface area contributed by atoms with E-state index >= 15 is 0 Å². The molecule has 1 aliphatic heterocycles. The molecule has 0 radical (unpaired) electrons. The Morgan fingerprint density at radius 3 is 2.42 bits per heavy atom. The van der Waals surface area contributed by atoms with Crippen LogP contribution in [0.15, 0.2) is 36.5 Å². The van der Waals surface area contributed by atoms with Gasteiger partial charge in [0, 0.05) is 38.1 Å². The molecule has 0 bridgehead atoms. The summed E-state index contributed by atoms with van der Waals surface area (Å²) in [5.41, 5.74) is 0.557. The summed E-state index contributed by atoms with van der Waals surface area (Å²) < 4.78 is 26.9. The van der Waals surface area contributed by atoms with Gasteiger partial charge in [-0.25, -0.2) is 8.78 Å². The normalized spacial score (nSPS) is 14.8. The van der Waals surface area contributed by atoms with Crippen LogP contribution in [0.1, 0.15) is 16.1 Å². The standard InChI is InChI=1S/C17H17F2N3O2/c18-12-3-4-15(19)14(10-12)17(24)22-8-6-21(7-9-22)16(23)11-13-2-1-5-20-13/h1-5,10,20H,6-9,11H2. The van der Waals surface area contributed by atoms with Gasteiger partial charge in [0.25, 0.3) is 5.91 Å². The van der Waals surface area contributed by atoms with Gasteiger partial charge < -0.3 is 14.8 Å². The largest absolute Gasteiger partial charge is 0.365 e. The van der Waals surface area contributed by atoms with Crippen molar-refractivity contribution < 1.29 is 18.4 Å². The molecule has 0 aliphatic carbocycles. The van der Waals surface area contributed by atoms with Crippen molar-refractivity contribution in [3.05, 3.63) is 59.4 Å². The molecule has 3 rings (SSSR count). The van der Waals surface area contributed by atoms with Crippen molar-refractivity contribution in [1.82, 2.24) is 14.8 Å². The highest BCUT2D eigenvalue weighted by atomic mass is 19.1. The molecule has 24 heavy (non-hydrogen) atoms. The highest BCUT2D eigenvalue weighted by Gasteiger charge is 2.26. The Kier molecular flexibility index (Phi) is 4.59. The fourth-order valence-corrected chi connectivity index (χ4v) is 2.74. The number of carbonyl (C=O) groups excluding carboxylic acids is 2. The smallest absolute Gasteiger partial charge is 0.257 e. The monoisotopic (exact) mass is 333 g/mol. The molecule has 0 unspecified atom stereocenters. The van der Waals surface area contributed by atoms with Gasteiger partial charge in [0.1, 0.15) is 11.6 Å². The number of nitrogens with zero attached hydrogens (tertiary/aromatic N) is 2. The predicted octanol–water partition coefficient (Wildman–Crippen LogP) is 1.82. The van der Waals surface area contributed by atoms with Crippen LogP contribution in [0.3, 0.4) is 0 Å². The molecule has 1 aliphatic rings. The third-order valence-electron chi connectivity index (χ3n) is 4.08. The Labute approximate surface area is 137 Å². The summed E-state index contributed by atoms with van der Waals surface area (Å²) in [4.78, 5) is 30.6. The van der Waals surface area contributed by atoms with E-state index in [0.29, 0.717) is 26.2 Å². The number of halogens is 2. The fraction of sp³-hybridized carbons (Fsp3) is 0.294. The molecule has 1 N–H and O–H groups in total. The zero-order chi connectivity index (χ0) is 17.1. The number of H-pyrrole nitrogens is 1. The molecule has 0 saturated carbocycles. The van der Waals surface area contributed by atoms with E-state index in [-0.39, 0.29) is 17.9 Å². The number of hydrogen-bond donors (Lipinski definition) is 1. The third-order valence-corrected chi connectivity index (χ3v) is 4.08. The Morgan fingerprint density at radius 1 is 1.04 bits per heavy atom. The van der Waals surface area contributed by atoms with Crippen LogP contribution in [0.4, 0.5) is 8.78 Å². The molecule has 1 aromatic carbocycles. The summed E-state index contributed by atoms with van der Waals surface area (Å²) in [6.45, 7) is 1.35. The topological polar surface area (TPSA) is 56.4 Å². The molecule has 0 atom stereocenters. The van der Waals surface area contributed by atoms with Gasteiger partial charge in [-0.2, -0.15) is 0 Å². The quantitative estimate of drug-likeness (QED) is 0.931. The SMILES string of the molecule is O=C(Cc1ccc[nH]1)N1CCN(C(=O)c2cc(F)ccc2F)CC1. The average molecular weight is 333 g/mol. The van der Waals surface area contributed by atoms with Crippen LogP contribution >= 0.6 is 0 Å². The molecule has 1 aromatic heterocycles. The molecular formula is C17H17F2N3O2. The highest BCUT2D eigenvalue weighted by Crippen LogP contribution is 2.14. The summed E-state index contributed by atoms with van der Waals surface area (Å²) in [6.07, 6.45) is 2.03. The molecule has 5 nitrogen and oxygen atoms in total. The van der Waals surface area contributed by atoms with Crippen molar-refractivity contribution in [2.75, 3.05) is 26.2 Å². The minimum atomic E-state index is -0.744. The number of piperazine rings is 1. The zero-order valence-electron chi connectivity index (χ0n) is 13.0. The van der Waals surface area contributed by atoms with Gasteiger partial charge in [0.2, 0.25) is 5.91 Å². The number of aromatic nitrogens is 1. The number of carbonyl (C=O) groups is 2. The lowest BCUT2D eigenvalue weighted by molar-refractivity contribution is -0.132. The second kappa shape index (κ2) is 6.82. The minimum absolute atomic E-state index is 0.0264. The average Bonchev–Trinajstić information content (AvgIpc) is 3.09. The van der Waals surface area contributed by atoms with E-state index in [4.69, 9.17) is 0 Å². The number of amides is 2. The van der Waals surface area contributed by atoms with Crippen molar-refractivity contribution in [1.29, 1.82) is 0 Å². The lowest BCUT2D eigenvalue weighted by Gasteiger charge is -2.34. The fourth-order valence-electron chi connectivity index (χ4n) is 2.74. The molecule has 1 fully saturated rings. The maximum absolute atomic E-state index is 13.7. The first-order valence-corrected chi connectivity index (χ1v) is 7.69. The van der Waals surface area contributed by atoms with Crippen LogP contribution in [-0.4, -0.2) is 52.8 Å². The van der Waals surface area contributed by atoms with E-state index in [9.17, 15) is 18.4 Å². The van der Waals surface area contributed by atoms with Gasteiger partial charge in [-0.05, 0) is 30.3 Å². The van der Waals surface area contributed by atoms with Crippen molar-refractivity contribution >= 4 is 11.8 Å². The molecule has 7 heteroatoms. The minimum Gasteiger partial charge on any atom is -0.365 e. The van der Waals surface area contributed by atoms with Crippen molar-refractivity contribution in [2.45, 2.75) is 6.42 Å². The van der Waals surface area contributed by atoms with Crippen molar-refractivity contribution in [3.8, 4) is 0 Å². The second-order valence-electron chi connectivity index (χ2n) is 5.67. The van der Waals surface area contributed by atoms with Crippen LogP contribution < -0.4 is 0 Å². The van der Waals surface area contributed by atoms with Crippen LogP contribution in [0.5, 0.6) is 0 Å². The van der Waals surface area contributed by atoms with Gasteiger partial charge in [-0.3, -0.25) is 9.59 Å². The molecule has 126 valence electrons. The van der Waals surface area contributed by atoms with E-state index in [1.165, 1.54) is 4.90 Å². The summed E-state index contributed by atoms with van der Waals surface area (Å²) in [6, 6.07) is 6.49. The lowest BCUT2D eigenvalue weighted by atomic mass is 10.1. The number of nitrogens with one attached hydrogen (secondary N) is 1. The maximum Gasteiger partial charge on any atom is 0.257 e. The summed E-state index contributed by atoms with van der Waals surface area (Å²) in [5.74, 6) is -1.98. The maximum atomic E-state index is 13.7. The van der Waals surface area contributed by atoms with Crippen LogP contribution in [0, 0.1) is 11.6 Å². The van der Waals surface area contributed by atoms with Crippen molar-refractivity contribution in [2.24, 2.45) is 0 Å². The van der Waals surface area contributed by atoms with Gasteiger partial charge in [-0.1, -0.05) is 0 Å². The Morgan fingerprint density at radius 2 is 1.75 bits per heavy atom. The van der Waals surface area contributed by atoms with E-state index in [1.807, 2.05) is 12.1 Å². The second-order valence-corrected chi connectivity index (χ2v) is 5.67. The van der Waals surface area contributed by atoms with E-state index in [0.717, 1.165) is 23.9 Å². The number of hydrogen-bond acceptors (Lipinski definition) is 2. The Balaban J connectivity index is 1.59. The van der Waals surface area contributed by atoms with Crippen molar-refractivity contribution in [3.63, 3.8) is 0 Å². The Hall–Kier alpha value is -2.70. The molecule has 2 heterocycles. The molecule has 2 aromatic rings. The number of rotatable bonds is 3. The van der Waals surface area contributed by atoms with Gasteiger partial charge in [0.15, 0.2) is 0 Å². The van der Waals surface area contributed by atoms with Crippen LogP contribution in [-0.2, 0) is 11.2 Å². The molecule has 2 amide bonds. The Bertz CT molecular complexity index is 738. The first kappa shape index (κ1) is 16.2. The first-order chi connectivity index (χ1) is 11.5. The summed E-state index contributed by atoms with van der Waals surface area (Å²) in [7, 11) is 0. The number of benzene rings is 1. The molecule has 0 spiro atoms. The van der Waals surface area contributed by atoms with E-state index < -0.39 is 17.5 Å². The van der Waals surface area contributed by atoms with Gasteiger partial charge in [0.05, 0.1) is 12.0 Å². The van der Waals surface area contributed by atoms with Crippen LogP contribution in [0.2, 0.25) is 0 Å². The first-order valence-electron chi connectivity index (χ1n) is 7.69. The van der Waals surface area contributed by atoms with Gasteiger partial charge in [-0.15, -0.1) is 0 Å². The van der Waals surface area contributed by atoms with E-state index in [1.54, 1.807) is 11.1 Å². The summed E-state index contributed by atoms with van der Waals surface area (Å²) in [5, 5.41) is 0. The highest BCUT2D eigenvalue weighted by molar-refractivity contribution is 5.94. The lowest BCUT2D eigenvalue weighted by Crippen LogP contribution is -2.51. The number of aromatic amines is 1. The van der Waals surface area contributed by atoms with Crippen LogP contribution in [0.25, 0.3) is 0 Å². The predicted molar refractivity (Wildman–Crippen MR) is 83.3 cm³/mol. The molecule has 1 saturated heterocycles. The third kappa shape index (κ3) is 3.45. The van der Waals surface area contributed by atoms with Gasteiger partial charge >= 0.3 is 0 Å². The molecular weight excluding hydrogens is 316 g/mol. The van der Waals surface area contributed by atoms with E-state index in [2.05, 4.69) is 4.98 Å². The zero-order valence-corrected chi connectivity index (χ0v) is 13.0. The summed E-state index contributed by atoms with van der Waals surface area (Å²) >= 11 is 0.